The minimum Gasteiger partial charge on any atom is -0.370 e. The summed E-state index contributed by atoms with van der Waals surface area (Å²) in [6.07, 6.45) is -8.12. The Kier molecular flexibility index (Phi) is 6.69. The zero-order valence-electron chi connectivity index (χ0n) is 15.9. The lowest BCUT2D eigenvalue weighted by molar-refractivity contribution is -0.143. The van der Waals surface area contributed by atoms with Gasteiger partial charge in [-0.05, 0) is 43.1 Å². The van der Waals surface area contributed by atoms with Crippen LogP contribution < -0.4 is 5.32 Å². The summed E-state index contributed by atoms with van der Waals surface area (Å²) >= 11 is 2.32. The summed E-state index contributed by atoms with van der Waals surface area (Å²) in [6.45, 7) is 2.51. The van der Waals surface area contributed by atoms with Crippen LogP contribution in [0.15, 0.2) is 39.6 Å². The average Bonchev–Trinajstić information content (AvgIpc) is 3.15. The van der Waals surface area contributed by atoms with Gasteiger partial charge in [-0.15, -0.1) is 0 Å². The molecule has 31 heavy (non-hydrogen) atoms. The number of anilines is 1. The van der Waals surface area contributed by atoms with Crippen molar-refractivity contribution >= 4 is 29.3 Å². The maximum atomic E-state index is 13.1. The minimum absolute atomic E-state index is 0.0545. The summed E-state index contributed by atoms with van der Waals surface area (Å²) in [5, 5.41) is 10.4. The molecule has 0 amide bonds. The van der Waals surface area contributed by atoms with Crippen LogP contribution in [-0.2, 0) is 12.4 Å². The topological polar surface area (TPSA) is 79.4 Å². The van der Waals surface area contributed by atoms with Crippen LogP contribution in [0.5, 0.6) is 0 Å². The highest BCUT2D eigenvalue weighted by atomic mass is 32.2. The van der Waals surface area contributed by atoms with Crippen LogP contribution in [0.2, 0.25) is 0 Å². The van der Waals surface area contributed by atoms with Crippen LogP contribution in [0.25, 0.3) is 11.4 Å². The third kappa shape index (κ3) is 5.81. The molecule has 0 saturated carbocycles. The molecule has 0 spiro atoms. The molecule has 0 aliphatic carbocycles. The summed E-state index contributed by atoms with van der Waals surface area (Å²) in [5.74, 6) is 0.266. The third-order valence-corrected chi connectivity index (χ3v) is 5.08. The number of halogens is 6. The predicted octanol–water partition coefficient (Wildman–Crippen LogP) is 5.60. The molecule has 1 aromatic carbocycles. The first-order valence-corrected chi connectivity index (χ1v) is 10.6. The molecule has 0 unspecified atom stereocenters. The zero-order chi connectivity index (χ0) is 22.8. The lowest BCUT2D eigenvalue weighted by Gasteiger charge is -2.13. The summed E-state index contributed by atoms with van der Waals surface area (Å²) < 4.78 is 78.4. The normalized spacial score (nSPS) is 12.3. The number of nitrogens with one attached hydrogen (secondary N) is 2. The maximum Gasteiger partial charge on any atom is 0.416 e. The Balaban J connectivity index is 1.95. The Morgan fingerprint density at radius 1 is 0.935 bits per heavy atom. The largest absolute Gasteiger partial charge is 0.416 e. The SMILES string of the molecule is CCNc1cc(Sc2nc(-c3cc(C(F)(F)F)cc(C(F)(F)F)c3)n[nH]2)nc(SC)n1. The van der Waals surface area contributed by atoms with Gasteiger partial charge in [-0.2, -0.15) is 31.4 Å². The number of aromatic nitrogens is 5. The molecular formula is C17H14F6N6S2. The second-order valence-electron chi connectivity index (χ2n) is 5.97. The number of hydrogen-bond donors (Lipinski definition) is 2. The van der Waals surface area contributed by atoms with Gasteiger partial charge < -0.3 is 5.32 Å². The van der Waals surface area contributed by atoms with Gasteiger partial charge in [0.25, 0.3) is 0 Å². The molecule has 0 fully saturated rings. The first-order chi connectivity index (χ1) is 14.5. The second kappa shape index (κ2) is 8.94. The number of alkyl halides is 6. The molecule has 0 atom stereocenters. The fraction of sp³-hybridized carbons (Fsp3) is 0.294. The van der Waals surface area contributed by atoms with Crippen molar-refractivity contribution in [3.63, 3.8) is 0 Å². The first-order valence-electron chi connectivity index (χ1n) is 8.56. The Morgan fingerprint density at radius 2 is 1.58 bits per heavy atom. The van der Waals surface area contributed by atoms with Crippen molar-refractivity contribution in [1.82, 2.24) is 25.1 Å². The first kappa shape index (κ1) is 23.2. The van der Waals surface area contributed by atoms with Gasteiger partial charge in [0.2, 0.25) is 0 Å². The highest BCUT2D eigenvalue weighted by molar-refractivity contribution is 7.99. The van der Waals surface area contributed by atoms with Gasteiger partial charge in [0.05, 0.1) is 11.1 Å². The molecule has 6 nitrogen and oxygen atoms in total. The van der Waals surface area contributed by atoms with Gasteiger partial charge in [0, 0.05) is 18.2 Å². The molecular weight excluding hydrogens is 466 g/mol. The van der Waals surface area contributed by atoms with E-state index in [4.69, 9.17) is 0 Å². The molecule has 0 radical (unpaired) electrons. The van der Waals surface area contributed by atoms with E-state index in [9.17, 15) is 26.3 Å². The maximum absolute atomic E-state index is 13.1. The lowest BCUT2D eigenvalue weighted by Crippen LogP contribution is -2.11. The summed E-state index contributed by atoms with van der Waals surface area (Å²) in [4.78, 5) is 12.6. The molecule has 2 aromatic heterocycles. The number of H-pyrrole nitrogens is 1. The van der Waals surface area contributed by atoms with Gasteiger partial charge in [-0.25, -0.2) is 15.0 Å². The zero-order valence-corrected chi connectivity index (χ0v) is 17.5. The van der Waals surface area contributed by atoms with Crippen LogP contribution >= 0.6 is 23.5 Å². The number of rotatable bonds is 6. The summed E-state index contributed by atoms with van der Waals surface area (Å²) in [6, 6.07) is 2.85. The predicted molar refractivity (Wildman–Crippen MR) is 104 cm³/mol. The Hall–Kier alpha value is -2.48. The van der Waals surface area contributed by atoms with Gasteiger partial charge in [0.15, 0.2) is 16.1 Å². The van der Waals surface area contributed by atoms with E-state index in [2.05, 4.69) is 30.5 Å². The Bertz CT molecular complexity index is 1030. The molecule has 14 heteroatoms. The summed E-state index contributed by atoms with van der Waals surface area (Å²) in [5.41, 5.74) is -3.29. The lowest BCUT2D eigenvalue weighted by atomic mass is 10.0. The van der Waals surface area contributed by atoms with E-state index in [0.29, 0.717) is 34.7 Å². The quantitative estimate of drug-likeness (QED) is 0.206. The molecule has 0 aliphatic heterocycles. The number of aromatic amines is 1. The number of benzene rings is 1. The molecule has 3 aromatic rings. The number of nitrogens with zero attached hydrogens (tertiary/aromatic N) is 4. The van der Waals surface area contributed by atoms with Crippen LogP contribution in [0.4, 0.5) is 32.2 Å². The molecule has 166 valence electrons. The van der Waals surface area contributed by atoms with Crippen LogP contribution in [-0.4, -0.2) is 37.9 Å². The standard InChI is InChI=1S/C17H14F6N6S2/c1-3-24-11-7-12(26-14(25-11)30-2)31-15-27-13(28-29-15)8-4-9(16(18,19)20)6-10(5-8)17(21,22)23/h4-7H,3H2,1-2H3,(H,24,25,26)(H,27,28,29). The molecule has 2 N–H and O–H groups in total. The van der Waals surface area contributed by atoms with Crippen molar-refractivity contribution in [2.45, 2.75) is 34.6 Å². The van der Waals surface area contributed by atoms with Crippen molar-refractivity contribution in [2.75, 3.05) is 18.1 Å². The Morgan fingerprint density at radius 3 is 2.13 bits per heavy atom. The van der Waals surface area contributed by atoms with E-state index in [0.717, 1.165) is 11.8 Å². The highest BCUT2D eigenvalue weighted by Gasteiger charge is 2.37. The second-order valence-corrected chi connectivity index (χ2v) is 7.75. The summed E-state index contributed by atoms with van der Waals surface area (Å²) in [7, 11) is 0. The van der Waals surface area contributed by atoms with Gasteiger partial charge >= 0.3 is 12.4 Å². The van der Waals surface area contributed by atoms with E-state index in [1.165, 1.54) is 11.8 Å². The van der Waals surface area contributed by atoms with Gasteiger partial charge in [-0.3, -0.25) is 5.10 Å². The Labute approximate surface area is 180 Å². The van der Waals surface area contributed by atoms with Gasteiger partial charge in [-0.1, -0.05) is 11.8 Å². The van der Waals surface area contributed by atoms with E-state index < -0.39 is 29.0 Å². The fourth-order valence-electron chi connectivity index (χ4n) is 2.42. The van der Waals surface area contributed by atoms with Crippen molar-refractivity contribution < 1.29 is 26.3 Å². The molecule has 0 aliphatic rings. The van der Waals surface area contributed by atoms with Crippen LogP contribution in [0.3, 0.4) is 0 Å². The number of hydrogen-bond acceptors (Lipinski definition) is 7. The molecule has 2 heterocycles. The van der Waals surface area contributed by atoms with Crippen molar-refractivity contribution in [3.05, 3.63) is 35.4 Å². The van der Waals surface area contributed by atoms with Gasteiger partial charge in [0.1, 0.15) is 10.8 Å². The third-order valence-electron chi connectivity index (χ3n) is 3.73. The van der Waals surface area contributed by atoms with E-state index in [1.807, 2.05) is 6.92 Å². The van der Waals surface area contributed by atoms with Crippen LogP contribution in [0, 0.1) is 0 Å². The van der Waals surface area contributed by atoms with Crippen molar-refractivity contribution in [2.24, 2.45) is 0 Å². The van der Waals surface area contributed by atoms with Crippen molar-refractivity contribution in [1.29, 1.82) is 0 Å². The molecule has 0 saturated heterocycles. The number of thioether (sulfide) groups is 1. The monoisotopic (exact) mass is 480 g/mol. The van der Waals surface area contributed by atoms with E-state index in [-0.39, 0.29) is 17.0 Å². The van der Waals surface area contributed by atoms with Crippen LogP contribution in [0.1, 0.15) is 18.1 Å². The highest BCUT2D eigenvalue weighted by Crippen LogP contribution is 2.38. The smallest absolute Gasteiger partial charge is 0.370 e. The van der Waals surface area contributed by atoms with Crippen molar-refractivity contribution in [3.8, 4) is 11.4 Å². The molecule has 0 bridgehead atoms. The van der Waals surface area contributed by atoms with E-state index >= 15 is 0 Å². The average molecular weight is 480 g/mol. The molecule has 3 rings (SSSR count). The fourth-order valence-corrected chi connectivity index (χ4v) is 3.59. The minimum atomic E-state index is -4.96. The van der Waals surface area contributed by atoms with E-state index in [1.54, 1.807) is 12.3 Å².